The number of rotatable bonds is 6. The van der Waals surface area contributed by atoms with Crippen molar-refractivity contribution in [1.29, 1.82) is 0 Å². The fourth-order valence-electron chi connectivity index (χ4n) is 2.61. The lowest BCUT2D eigenvalue weighted by Gasteiger charge is -2.01. The summed E-state index contributed by atoms with van der Waals surface area (Å²) in [4.78, 5) is 16.5. The van der Waals surface area contributed by atoms with E-state index < -0.39 is 5.97 Å². The van der Waals surface area contributed by atoms with Crippen molar-refractivity contribution in [2.24, 2.45) is 0 Å². The zero-order valence-electron chi connectivity index (χ0n) is 14.5. The summed E-state index contributed by atoms with van der Waals surface area (Å²) in [6.45, 7) is 0. The number of hydrogen-bond acceptors (Lipinski definition) is 5. The molecule has 4 nitrogen and oxygen atoms in total. The summed E-state index contributed by atoms with van der Waals surface area (Å²) in [5.41, 5.74) is 1.81. The molecule has 0 radical (unpaired) electrons. The molecule has 28 heavy (non-hydrogen) atoms. The number of aromatic nitrogens is 1. The van der Waals surface area contributed by atoms with Crippen molar-refractivity contribution in [3.8, 4) is 11.3 Å². The quantitative estimate of drug-likeness (QED) is 0.379. The highest BCUT2D eigenvalue weighted by Crippen LogP contribution is 2.36. The summed E-state index contributed by atoms with van der Waals surface area (Å²) in [7, 11) is 0. The van der Waals surface area contributed by atoms with Crippen LogP contribution in [0.15, 0.2) is 65.1 Å². The van der Waals surface area contributed by atoms with E-state index in [9.17, 15) is 4.79 Å². The number of furan rings is 1. The number of carboxylic acid groups (broad SMARTS) is 1. The molecule has 4 aromatic rings. The van der Waals surface area contributed by atoms with E-state index in [-0.39, 0.29) is 5.75 Å². The van der Waals surface area contributed by atoms with E-state index in [4.69, 9.17) is 21.1 Å². The summed E-state index contributed by atoms with van der Waals surface area (Å²) in [5, 5.41) is 10.5. The van der Waals surface area contributed by atoms with Gasteiger partial charge in [0.1, 0.15) is 16.5 Å². The minimum absolute atomic E-state index is 0.0491. The second-order valence-electron chi connectivity index (χ2n) is 5.89. The second-order valence-corrected chi connectivity index (χ2v) is 8.37. The molecule has 0 aliphatic rings. The van der Waals surface area contributed by atoms with Gasteiger partial charge in [-0.15, -0.1) is 23.1 Å². The highest BCUT2D eigenvalue weighted by molar-refractivity contribution is 8.09. The average molecular weight is 428 g/mol. The molecule has 0 fully saturated rings. The van der Waals surface area contributed by atoms with E-state index in [1.807, 2.05) is 66.7 Å². The molecule has 2 aromatic heterocycles. The van der Waals surface area contributed by atoms with Crippen molar-refractivity contribution < 1.29 is 14.3 Å². The molecular weight excluding hydrogens is 414 g/mol. The monoisotopic (exact) mass is 427 g/mol. The molecule has 4 rings (SSSR count). The van der Waals surface area contributed by atoms with Gasteiger partial charge in [0.15, 0.2) is 0 Å². The van der Waals surface area contributed by atoms with Crippen LogP contribution in [0.3, 0.4) is 0 Å². The minimum Gasteiger partial charge on any atom is -0.481 e. The van der Waals surface area contributed by atoms with Gasteiger partial charge in [0, 0.05) is 15.5 Å². The normalized spacial score (nSPS) is 11.8. The third kappa shape index (κ3) is 4.30. The van der Waals surface area contributed by atoms with Crippen molar-refractivity contribution in [3.63, 3.8) is 0 Å². The largest absolute Gasteiger partial charge is 0.481 e. The molecule has 0 atom stereocenters. The number of hydrogen-bond donors (Lipinski definition) is 1. The first-order chi connectivity index (χ1) is 13.6. The van der Waals surface area contributed by atoms with E-state index in [1.165, 1.54) is 23.1 Å². The van der Waals surface area contributed by atoms with Gasteiger partial charge in [-0.1, -0.05) is 23.7 Å². The molecule has 0 unspecified atom stereocenters. The zero-order chi connectivity index (χ0) is 19.5. The number of fused-ring (bicyclic) bond motifs is 1. The Labute approximate surface area is 174 Å². The standard InChI is InChI=1S/C21H14ClNO3S2/c22-14-7-5-13(6-8-14)17-10-9-15(26-17)11-19(27-12-20(24)25)21-23-16-3-1-2-4-18(16)28-21/h1-11H,12H2,(H,24,25)/b19-11-. The van der Waals surface area contributed by atoms with Crippen LogP contribution in [0.1, 0.15) is 10.8 Å². The molecule has 0 bridgehead atoms. The number of thiazole rings is 1. The Morgan fingerprint density at radius 3 is 2.68 bits per heavy atom. The van der Waals surface area contributed by atoms with Crippen LogP contribution in [0.25, 0.3) is 32.5 Å². The third-order valence-corrected chi connectivity index (χ3v) is 6.35. The van der Waals surface area contributed by atoms with Gasteiger partial charge >= 0.3 is 5.97 Å². The average Bonchev–Trinajstić information content (AvgIpc) is 3.32. The van der Waals surface area contributed by atoms with Crippen LogP contribution in [0, 0.1) is 0 Å². The van der Waals surface area contributed by atoms with Crippen LogP contribution in [0.4, 0.5) is 0 Å². The molecule has 0 amide bonds. The van der Waals surface area contributed by atoms with Gasteiger partial charge in [0.25, 0.3) is 0 Å². The Kier molecular flexibility index (Phi) is 5.52. The van der Waals surface area contributed by atoms with Gasteiger partial charge in [0.05, 0.1) is 16.0 Å². The van der Waals surface area contributed by atoms with E-state index in [0.29, 0.717) is 10.8 Å². The Morgan fingerprint density at radius 2 is 1.93 bits per heavy atom. The fourth-order valence-corrected chi connectivity index (χ4v) is 4.56. The van der Waals surface area contributed by atoms with Gasteiger partial charge < -0.3 is 9.52 Å². The highest BCUT2D eigenvalue weighted by Gasteiger charge is 2.13. The Balaban J connectivity index is 1.68. The van der Waals surface area contributed by atoms with Gasteiger partial charge in [0.2, 0.25) is 0 Å². The van der Waals surface area contributed by atoms with Gasteiger partial charge in [-0.2, -0.15) is 0 Å². The smallest absolute Gasteiger partial charge is 0.313 e. The lowest BCUT2D eigenvalue weighted by atomic mass is 10.2. The van der Waals surface area contributed by atoms with Crippen molar-refractivity contribution in [2.45, 2.75) is 0 Å². The SMILES string of the molecule is O=C(O)CS/C(=C\c1ccc(-c2ccc(Cl)cc2)o1)c1nc2ccccc2s1. The summed E-state index contributed by atoms with van der Waals surface area (Å²) in [6, 6.07) is 19.0. The predicted octanol–water partition coefficient (Wildman–Crippen LogP) is 6.53. The fraction of sp³-hybridized carbons (Fsp3) is 0.0476. The number of nitrogens with zero attached hydrogens (tertiary/aromatic N) is 1. The molecule has 0 aliphatic heterocycles. The number of benzene rings is 2. The molecule has 7 heteroatoms. The zero-order valence-corrected chi connectivity index (χ0v) is 16.9. The lowest BCUT2D eigenvalue weighted by Crippen LogP contribution is -1.97. The summed E-state index contributed by atoms with van der Waals surface area (Å²) in [5.74, 6) is 0.428. The molecule has 0 saturated carbocycles. The number of carbonyl (C=O) groups is 1. The van der Waals surface area contributed by atoms with E-state index >= 15 is 0 Å². The Bertz CT molecular complexity index is 1130. The second kappa shape index (κ2) is 8.22. The van der Waals surface area contributed by atoms with E-state index in [0.717, 1.165) is 31.5 Å². The topological polar surface area (TPSA) is 63.3 Å². The molecule has 0 spiro atoms. The van der Waals surface area contributed by atoms with Gasteiger partial charge in [-0.05, 0) is 54.6 Å². The Morgan fingerprint density at radius 1 is 1.14 bits per heavy atom. The van der Waals surface area contributed by atoms with Crippen LogP contribution < -0.4 is 0 Å². The number of aliphatic carboxylic acids is 1. The van der Waals surface area contributed by atoms with E-state index in [2.05, 4.69) is 4.98 Å². The first-order valence-corrected chi connectivity index (χ1v) is 10.5. The van der Waals surface area contributed by atoms with Crippen LogP contribution in [-0.4, -0.2) is 21.8 Å². The summed E-state index contributed by atoms with van der Waals surface area (Å²) >= 11 is 8.70. The molecule has 2 aromatic carbocycles. The van der Waals surface area contributed by atoms with Crippen LogP contribution in [-0.2, 0) is 4.79 Å². The van der Waals surface area contributed by atoms with Gasteiger partial charge in [-0.25, -0.2) is 4.98 Å². The van der Waals surface area contributed by atoms with Crippen LogP contribution >= 0.6 is 34.7 Å². The highest BCUT2D eigenvalue weighted by atomic mass is 35.5. The minimum atomic E-state index is -0.877. The maximum Gasteiger partial charge on any atom is 0.313 e. The maximum atomic E-state index is 11.1. The first-order valence-electron chi connectivity index (χ1n) is 8.36. The summed E-state index contributed by atoms with van der Waals surface area (Å²) in [6.07, 6.45) is 1.84. The number of para-hydroxylation sites is 1. The summed E-state index contributed by atoms with van der Waals surface area (Å²) < 4.78 is 7.00. The van der Waals surface area contributed by atoms with E-state index in [1.54, 1.807) is 0 Å². The van der Waals surface area contributed by atoms with Crippen molar-refractivity contribution >= 4 is 61.9 Å². The maximum absolute atomic E-state index is 11.1. The molecule has 1 N–H and O–H groups in total. The molecule has 0 saturated heterocycles. The molecule has 140 valence electrons. The predicted molar refractivity (Wildman–Crippen MR) is 117 cm³/mol. The number of halogens is 1. The number of thioether (sulfide) groups is 1. The molecule has 0 aliphatic carbocycles. The first kappa shape index (κ1) is 18.8. The van der Waals surface area contributed by atoms with Crippen molar-refractivity contribution in [2.75, 3.05) is 5.75 Å². The molecule has 2 heterocycles. The Hall–Kier alpha value is -2.54. The number of carboxylic acids is 1. The van der Waals surface area contributed by atoms with Crippen LogP contribution in [0.5, 0.6) is 0 Å². The third-order valence-electron chi connectivity index (χ3n) is 3.88. The van der Waals surface area contributed by atoms with Crippen molar-refractivity contribution in [1.82, 2.24) is 4.98 Å². The lowest BCUT2D eigenvalue weighted by molar-refractivity contribution is -0.133. The van der Waals surface area contributed by atoms with Gasteiger partial charge in [-0.3, -0.25) is 4.79 Å². The van der Waals surface area contributed by atoms with Crippen LogP contribution in [0.2, 0.25) is 5.02 Å². The van der Waals surface area contributed by atoms with Crippen molar-refractivity contribution in [3.05, 3.63) is 76.5 Å². The molecular formula is C21H14ClNO3S2.